The minimum Gasteiger partial charge on any atom is -0.398 e. The average Bonchev–Trinajstić information content (AvgIpc) is 1.82. The molecule has 0 spiro atoms. The van der Waals surface area contributed by atoms with Crippen molar-refractivity contribution in [2.75, 3.05) is 5.73 Å². The average molecular weight is 184 g/mol. The predicted octanol–water partition coefficient (Wildman–Crippen LogP) is 2.01. The normalized spacial score (nSPS) is 9.92. The van der Waals surface area contributed by atoms with Crippen LogP contribution in [0.2, 0.25) is 5.15 Å². The number of hydrogen-bond donors (Lipinski definition) is 2. The highest BCUT2D eigenvalue weighted by atomic mass is 35.5. The molecule has 1 aromatic rings. The molecular weight excluding hydrogens is 174 g/mol. The first-order valence-corrected chi connectivity index (χ1v) is 3.88. The Morgan fingerprint density at radius 1 is 1.67 bits per heavy atom. The maximum Gasteiger partial charge on any atom is 0.140 e. The van der Waals surface area contributed by atoms with Crippen LogP contribution in [-0.2, 0) is 0 Å². The molecule has 0 fully saturated rings. The van der Waals surface area contributed by atoms with Gasteiger partial charge in [-0.3, -0.25) is 0 Å². The van der Waals surface area contributed by atoms with Crippen molar-refractivity contribution in [3.63, 3.8) is 0 Å². The maximum atomic E-state index is 7.38. The Balaban J connectivity index is 3.38. The van der Waals surface area contributed by atoms with Gasteiger partial charge in [0.15, 0.2) is 0 Å². The van der Waals surface area contributed by atoms with Gasteiger partial charge in [-0.2, -0.15) is 0 Å². The van der Waals surface area contributed by atoms with Crippen molar-refractivity contribution in [1.82, 2.24) is 4.98 Å². The van der Waals surface area contributed by atoms with Gasteiger partial charge in [0.05, 0.1) is 5.56 Å². The van der Waals surface area contributed by atoms with Crippen LogP contribution in [0, 0.1) is 12.3 Å². The first-order valence-electron chi connectivity index (χ1n) is 3.50. The highest BCUT2D eigenvalue weighted by Crippen LogP contribution is 2.21. The number of pyridine rings is 1. The van der Waals surface area contributed by atoms with Crippen LogP contribution in [0.25, 0.3) is 0 Å². The zero-order chi connectivity index (χ0) is 9.30. The SMILES string of the molecule is CC(=N)c1c(N)cc(C)nc1Cl. The molecule has 0 saturated heterocycles. The molecule has 1 aromatic heterocycles. The highest BCUT2D eigenvalue weighted by Gasteiger charge is 2.08. The fourth-order valence-electron chi connectivity index (χ4n) is 1.03. The number of nitrogens with one attached hydrogen (secondary N) is 1. The Morgan fingerprint density at radius 3 is 2.67 bits per heavy atom. The van der Waals surface area contributed by atoms with Crippen LogP contribution in [0.4, 0.5) is 5.69 Å². The van der Waals surface area contributed by atoms with Crippen molar-refractivity contribution < 1.29 is 0 Å². The first-order chi connectivity index (χ1) is 5.52. The second-order valence-electron chi connectivity index (χ2n) is 2.64. The number of anilines is 1. The molecule has 64 valence electrons. The Kier molecular flexibility index (Phi) is 2.33. The Morgan fingerprint density at radius 2 is 2.25 bits per heavy atom. The molecule has 1 rings (SSSR count). The number of halogens is 1. The summed E-state index contributed by atoms with van der Waals surface area (Å²) in [5.41, 5.74) is 7.81. The van der Waals surface area contributed by atoms with Gasteiger partial charge in [0.2, 0.25) is 0 Å². The lowest BCUT2D eigenvalue weighted by atomic mass is 10.1. The van der Waals surface area contributed by atoms with E-state index < -0.39 is 0 Å². The van der Waals surface area contributed by atoms with Crippen molar-refractivity contribution in [1.29, 1.82) is 5.41 Å². The summed E-state index contributed by atoms with van der Waals surface area (Å²) in [7, 11) is 0. The number of aryl methyl sites for hydroxylation is 1. The lowest BCUT2D eigenvalue weighted by Gasteiger charge is -2.06. The maximum absolute atomic E-state index is 7.38. The molecule has 0 aliphatic carbocycles. The summed E-state index contributed by atoms with van der Waals surface area (Å²) >= 11 is 5.80. The van der Waals surface area contributed by atoms with Crippen LogP contribution in [-0.4, -0.2) is 10.7 Å². The van der Waals surface area contributed by atoms with E-state index in [1.165, 1.54) is 0 Å². The zero-order valence-electron chi connectivity index (χ0n) is 6.98. The van der Waals surface area contributed by atoms with Crippen LogP contribution in [0.15, 0.2) is 6.07 Å². The molecule has 0 atom stereocenters. The Labute approximate surface area is 76.1 Å². The van der Waals surface area contributed by atoms with E-state index in [2.05, 4.69) is 4.98 Å². The molecule has 0 radical (unpaired) electrons. The monoisotopic (exact) mass is 183 g/mol. The van der Waals surface area contributed by atoms with Gasteiger partial charge in [0.1, 0.15) is 5.15 Å². The smallest absolute Gasteiger partial charge is 0.140 e. The van der Waals surface area contributed by atoms with E-state index in [0.717, 1.165) is 5.69 Å². The molecule has 1 heterocycles. The molecule has 12 heavy (non-hydrogen) atoms. The fourth-order valence-corrected chi connectivity index (χ4v) is 1.41. The molecule has 0 saturated carbocycles. The van der Waals surface area contributed by atoms with E-state index in [-0.39, 0.29) is 0 Å². The molecule has 0 aromatic carbocycles. The van der Waals surface area contributed by atoms with Crippen LogP contribution in [0.3, 0.4) is 0 Å². The van der Waals surface area contributed by atoms with E-state index in [9.17, 15) is 0 Å². The topological polar surface area (TPSA) is 62.8 Å². The van der Waals surface area contributed by atoms with E-state index in [4.69, 9.17) is 22.7 Å². The van der Waals surface area contributed by atoms with Gasteiger partial charge < -0.3 is 11.1 Å². The van der Waals surface area contributed by atoms with Crippen LogP contribution < -0.4 is 5.73 Å². The minimum absolute atomic E-state index is 0.306. The van der Waals surface area contributed by atoms with Crippen molar-refractivity contribution in [2.24, 2.45) is 0 Å². The first kappa shape index (κ1) is 9.00. The van der Waals surface area contributed by atoms with Gasteiger partial charge in [0, 0.05) is 17.1 Å². The second-order valence-corrected chi connectivity index (χ2v) is 3.00. The second kappa shape index (κ2) is 3.11. The van der Waals surface area contributed by atoms with Crippen molar-refractivity contribution >= 4 is 23.0 Å². The number of rotatable bonds is 1. The molecule has 4 heteroatoms. The Hall–Kier alpha value is -1.09. The lowest BCUT2D eigenvalue weighted by Crippen LogP contribution is -2.03. The van der Waals surface area contributed by atoms with Gasteiger partial charge in [-0.25, -0.2) is 4.98 Å². The van der Waals surface area contributed by atoms with Gasteiger partial charge in [-0.1, -0.05) is 11.6 Å². The quantitative estimate of drug-likeness (QED) is 0.517. The third-order valence-corrected chi connectivity index (χ3v) is 1.78. The van der Waals surface area contributed by atoms with Crippen LogP contribution >= 0.6 is 11.6 Å². The molecule has 0 bridgehead atoms. The summed E-state index contributed by atoms with van der Waals surface area (Å²) < 4.78 is 0. The minimum atomic E-state index is 0.306. The van der Waals surface area contributed by atoms with Crippen molar-refractivity contribution in [2.45, 2.75) is 13.8 Å². The van der Waals surface area contributed by atoms with E-state index >= 15 is 0 Å². The zero-order valence-corrected chi connectivity index (χ0v) is 7.74. The third kappa shape index (κ3) is 1.56. The predicted molar refractivity (Wildman–Crippen MR) is 50.9 cm³/mol. The Bertz CT molecular complexity index is 310. The number of nitrogen functional groups attached to an aromatic ring is 1. The van der Waals surface area contributed by atoms with Gasteiger partial charge >= 0.3 is 0 Å². The van der Waals surface area contributed by atoms with Gasteiger partial charge in [0.25, 0.3) is 0 Å². The summed E-state index contributed by atoms with van der Waals surface area (Å²) in [6.45, 7) is 3.44. The molecule has 0 amide bonds. The van der Waals surface area contributed by atoms with E-state index in [1.807, 2.05) is 6.92 Å². The summed E-state index contributed by atoms with van der Waals surface area (Å²) in [5.74, 6) is 0. The van der Waals surface area contributed by atoms with E-state index in [0.29, 0.717) is 22.1 Å². The molecular formula is C8H10ClN3. The van der Waals surface area contributed by atoms with Crippen molar-refractivity contribution in [3.8, 4) is 0 Å². The standard InChI is InChI=1S/C8H10ClN3/c1-4-3-6(11)7(5(2)10)8(9)12-4/h3,10H,1-2H3,(H2,11,12). The van der Waals surface area contributed by atoms with Crippen LogP contribution in [0.5, 0.6) is 0 Å². The van der Waals surface area contributed by atoms with Crippen molar-refractivity contribution in [3.05, 3.63) is 22.5 Å². The molecule has 0 unspecified atom stereocenters. The molecule has 0 aliphatic heterocycles. The summed E-state index contributed by atoms with van der Waals surface area (Å²) in [6.07, 6.45) is 0. The number of hydrogen-bond acceptors (Lipinski definition) is 3. The lowest BCUT2D eigenvalue weighted by molar-refractivity contribution is 1.19. The van der Waals surface area contributed by atoms with Gasteiger partial charge in [-0.05, 0) is 19.9 Å². The number of nitrogens with two attached hydrogens (primary N) is 1. The molecule has 0 aliphatic rings. The number of nitrogens with zero attached hydrogens (tertiary/aromatic N) is 1. The fraction of sp³-hybridized carbons (Fsp3) is 0.250. The summed E-state index contributed by atoms with van der Waals surface area (Å²) in [4.78, 5) is 4.00. The largest absolute Gasteiger partial charge is 0.398 e. The van der Waals surface area contributed by atoms with Gasteiger partial charge in [-0.15, -0.1) is 0 Å². The summed E-state index contributed by atoms with van der Waals surface area (Å²) in [6, 6.07) is 1.71. The van der Waals surface area contributed by atoms with E-state index in [1.54, 1.807) is 13.0 Å². The molecule has 3 nitrogen and oxygen atoms in total. The number of aromatic nitrogens is 1. The van der Waals surface area contributed by atoms with Crippen LogP contribution in [0.1, 0.15) is 18.2 Å². The molecule has 3 N–H and O–H groups in total. The highest BCUT2D eigenvalue weighted by molar-refractivity contribution is 6.33. The third-order valence-electron chi connectivity index (χ3n) is 1.51. The summed E-state index contributed by atoms with van der Waals surface area (Å²) in [5, 5.41) is 7.69.